The van der Waals surface area contributed by atoms with Crippen molar-refractivity contribution < 1.29 is 14.8 Å². The minimum Gasteiger partial charge on any atom is -0.478 e. The van der Waals surface area contributed by atoms with Crippen LogP contribution in [0.4, 0.5) is 5.69 Å². The lowest BCUT2D eigenvalue weighted by Gasteiger charge is -2.17. The molecule has 0 amide bonds. The van der Waals surface area contributed by atoms with Crippen LogP contribution < -0.4 is 0 Å². The van der Waals surface area contributed by atoms with Crippen LogP contribution in [0.2, 0.25) is 5.02 Å². The number of nitrogens with zero attached hydrogens (tertiary/aromatic N) is 1. The summed E-state index contributed by atoms with van der Waals surface area (Å²) in [4.78, 5) is 21.6. The van der Waals surface area contributed by atoms with Crippen LogP contribution in [0, 0.1) is 16.0 Å². The van der Waals surface area contributed by atoms with Gasteiger partial charge in [-0.3, -0.25) is 10.1 Å². The first-order valence-electron chi connectivity index (χ1n) is 5.62. The predicted octanol–water partition coefficient (Wildman–Crippen LogP) is 4.08. The Bertz CT molecular complexity index is 519. The molecule has 0 saturated carbocycles. The second-order valence-corrected chi connectivity index (χ2v) is 6.23. The molecule has 1 atom stereocenters. The summed E-state index contributed by atoms with van der Waals surface area (Å²) in [5.74, 6) is -0.887. The van der Waals surface area contributed by atoms with Gasteiger partial charge in [0.15, 0.2) is 0 Å². The maximum absolute atomic E-state index is 11.2. The lowest BCUT2D eigenvalue weighted by molar-refractivity contribution is -0.384. The van der Waals surface area contributed by atoms with Gasteiger partial charge in [0.2, 0.25) is 0 Å². The summed E-state index contributed by atoms with van der Waals surface area (Å²) in [6.07, 6.45) is 0. The average Bonchev–Trinajstić information content (AvgIpc) is 2.30. The third-order valence-corrected chi connectivity index (χ3v) is 4.71. The molecule has 0 saturated heterocycles. The molecule has 0 heterocycles. The van der Waals surface area contributed by atoms with Gasteiger partial charge in [-0.2, -0.15) is 0 Å². The Kier molecular flexibility index (Phi) is 5.20. The van der Waals surface area contributed by atoms with Crippen LogP contribution in [0.1, 0.15) is 31.1 Å². The Morgan fingerprint density at radius 2 is 2.00 bits per heavy atom. The topological polar surface area (TPSA) is 80.4 Å². The van der Waals surface area contributed by atoms with Gasteiger partial charge in [0, 0.05) is 22.3 Å². The standard InChI is InChI=1S/C12H14ClNO4S/c1-6(2)7(3)19-11-9(12(15)16)4-8(14(17)18)5-10(11)13/h4-7H,1-3H3,(H,15,16). The second kappa shape index (κ2) is 6.25. The molecule has 0 bridgehead atoms. The van der Waals surface area contributed by atoms with Gasteiger partial charge in [0.1, 0.15) is 0 Å². The summed E-state index contributed by atoms with van der Waals surface area (Å²) < 4.78 is 0. The van der Waals surface area contributed by atoms with Crippen LogP contribution >= 0.6 is 23.4 Å². The van der Waals surface area contributed by atoms with Crippen molar-refractivity contribution in [3.8, 4) is 0 Å². The third-order valence-electron chi connectivity index (χ3n) is 2.71. The number of benzene rings is 1. The normalized spacial score (nSPS) is 12.5. The van der Waals surface area contributed by atoms with Crippen molar-refractivity contribution in [3.63, 3.8) is 0 Å². The number of carboxylic acid groups (broad SMARTS) is 1. The maximum Gasteiger partial charge on any atom is 0.337 e. The Morgan fingerprint density at radius 3 is 2.42 bits per heavy atom. The van der Waals surface area contributed by atoms with Crippen LogP contribution in [-0.4, -0.2) is 21.2 Å². The molecule has 7 heteroatoms. The number of halogens is 1. The van der Waals surface area contributed by atoms with E-state index in [1.54, 1.807) is 0 Å². The fourth-order valence-corrected chi connectivity index (χ4v) is 2.72. The Balaban J connectivity index is 3.30. The molecular weight excluding hydrogens is 290 g/mol. The number of aromatic carboxylic acids is 1. The summed E-state index contributed by atoms with van der Waals surface area (Å²) >= 11 is 7.30. The van der Waals surface area contributed by atoms with E-state index in [1.807, 2.05) is 20.8 Å². The van der Waals surface area contributed by atoms with Crippen molar-refractivity contribution in [3.05, 3.63) is 32.8 Å². The minimum atomic E-state index is -1.22. The molecule has 0 spiro atoms. The van der Waals surface area contributed by atoms with Gasteiger partial charge in [0.25, 0.3) is 5.69 Å². The average molecular weight is 304 g/mol. The summed E-state index contributed by atoms with van der Waals surface area (Å²) in [6.45, 7) is 5.98. The van der Waals surface area contributed by atoms with E-state index in [0.717, 1.165) is 6.07 Å². The highest BCUT2D eigenvalue weighted by atomic mass is 35.5. The molecule has 1 N–H and O–H groups in total. The molecule has 0 aliphatic heterocycles. The zero-order valence-electron chi connectivity index (χ0n) is 10.7. The van der Waals surface area contributed by atoms with Gasteiger partial charge < -0.3 is 5.11 Å². The van der Waals surface area contributed by atoms with Crippen molar-refractivity contribution in [2.24, 2.45) is 5.92 Å². The second-order valence-electron chi connectivity index (χ2n) is 4.43. The molecule has 1 rings (SSSR count). The van der Waals surface area contributed by atoms with Gasteiger partial charge in [-0.15, -0.1) is 11.8 Å². The molecule has 1 aromatic carbocycles. The highest BCUT2D eigenvalue weighted by Crippen LogP contribution is 2.38. The van der Waals surface area contributed by atoms with Crippen molar-refractivity contribution in [2.75, 3.05) is 0 Å². The molecule has 0 fully saturated rings. The number of carbonyl (C=O) groups is 1. The number of non-ortho nitro benzene ring substituents is 1. The molecule has 0 aromatic heterocycles. The van der Waals surface area contributed by atoms with E-state index in [9.17, 15) is 14.9 Å². The molecule has 5 nitrogen and oxygen atoms in total. The monoisotopic (exact) mass is 303 g/mol. The molecule has 19 heavy (non-hydrogen) atoms. The van der Waals surface area contributed by atoms with Crippen LogP contribution in [0.15, 0.2) is 17.0 Å². The Hall–Kier alpha value is -1.27. The Morgan fingerprint density at radius 1 is 1.42 bits per heavy atom. The third kappa shape index (κ3) is 3.84. The van der Waals surface area contributed by atoms with E-state index in [-0.39, 0.29) is 21.5 Å². The highest BCUT2D eigenvalue weighted by molar-refractivity contribution is 8.00. The number of rotatable bonds is 5. The van der Waals surface area contributed by atoms with Crippen LogP contribution in [0.5, 0.6) is 0 Å². The minimum absolute atomic E-state index is 0.101. The number of hydrogen-bond acceptors (Lipinski definition) is 4. The number of carboxylic acids is 1. The van der Waals surface area contributed by atoms with Gasteiger partial charge in [-0.05, 0) is 5.92 Å². The SMILES string of the molecule is CC(C)C(C)Sc1c(Cl)cc([N+](=O)[O-])cc1C(=O)O. The first kappa shape index (κ1) is 15.8. The fourth-order valence-electron chi connectivity index (χ4n) is 1.29. The number of nitro benzene ring substituents is 1. The highest BCUT2D eigenvalue weighted by Gasteiger charge is 2.22. The van der Waals surface area contributed by atoms with E-state index >= 15 is 0 Å². The zero-order chi connectivity index (χ0) is 14.7. The molecular formula is C12H14ClNO4S. The smallest absolute Gasteiger partial charge is 0.337 e. The van der Waals surface area contributed by atoms with Gasteiger partial charge in [-0.25, -0.2) is 4.79 Å². The van der Waals surface area contributed by atoms with E-state index < -0.39 is 10.9 Å². The van der Waals surface area contributed by atoms with E-state index in [2.05, 4.69) is 0 Å². The number of hydrogen-bond donors (Lipinski definition) is 1. The molecule has 1 aromatic rings. The van der Waals surface area contributed by atoms with Crippen LogP contribution in [-0.2, 0) is 0 Å². The summed E-state index contributed by atoms with van der Waals surface area (Å²) in [7, 11) is 0. The van der Waals surface area contributed by atoms with Gasteiger partial charge in [-0.1, -0.05) is 32.4 Å². The van der Waals surface area contributed by atoms with Crippen molar-refractivity contribution >= 4 is 35.0 Å². The first-order chi connectivity index (χ1) is 8.73. The predicted molar refractivity (Wildman–Crippen MR) is 75.2 cm³/mol. The molecule has 0 aliphatic rings. The van der Waals surface area contributed by atoms with Crippen LogP contribution in [0.25, 0.3) is 0 Å². The largest absolute Gasteiger partial charge is 0.478 e. The number of thioether (sulfide) groups is 1. The first-order valence-corrected chi connectivity index (χ1v) is 6.87. The van der Waals surface area contributed by atoms with Crippen molar-refractivity contribution in [1.29, 1.82) is 0 Å². The molecule has 0 radical (unpaired) electrons. The number of nitro groups is 1. The van der Waals surface area contributed by atoms with Gasteiger partial charge >= 0.3 is 5.97 Å². The van der Waals surface area contributed by atoms with Crippen LogP contribution in [0.3, 0.4) is 0 Å². The maximum atomic E-state index is 11.2. The molecule has 104 valence electrons. The van der Waals surface area contributed by atoms with E-state index in [1.165, 1.54) is 17.8 Å². The lowest BCUT2D eigenvalue weighted by Crippen LogP contribution is -2.08. The zero-order valence-corrected chi connectivity index (χ0v) is 12.3. The van der Waals surface area contributed by atoms with E-state index in [4.69, 9.17) is 16.7 Å². The van der Waals surface area contributed by atoms with Crippen molar-refractivity contribution in [1.82, 2.24) is 0 Å². The summed E-state index contributed by atoms with van der Waals surface area (Å²) in [6, 6.07) is 2.23. The Labute approximate surface area is 120 Å². The molecule has 1 unspecified atom stereocenters. The summed E-state index contributed by atoms with van der Waals surface area (Å²) in [5.41, 5.74) is -0.444. The van der Waals surface area contributed by atoms with Gasteiger partial charge in [0.05, 0.1) is 15.5 Å². The van der Waals surface area contributed by atoms with E-state index in [0.29, 0.717) is 10.8 Å². The summed E-state index contributed by atoms with van der Waals surface area (Å²) in [5, 5.41) is 20.1. The van der Waals surface area contributed by atoms with Crippen molar-refractivity contribution in [2.45, 2.75) is 30.9 Å². The lowest BCUT2D eigenvalue weighted by atomic mass is 10.1. The quantitative estimate of drug-likeness (QED) is 0.503. The molecule has 0 aliphatic carbocycles. The fraction of sp³-hybridized carbons (Fsp3) is 0.417.